The van der Waals surface area contributed by atoms with Crippen molar-refractivity contribution in [2.24, 2.45) is 11.7 Å². The molecule has 0 aromatic heterocycles. The van der Waals surface area contributed by atoms with Crippen LogP contribution in [0.2, 0.25) is 0 Å². The molecule has 1 atom stereocenters. The van der Waals surface area contributed by atoms with Crippen molar-refractivity contribution in [1.29, 1.82) is 0 Å². The van der Waals surface area contributed by atoms with Crippen molar-refractivity contribution < 1.29 is 9.90 Å². The highest BCUT2D eigenvalue weighted by molar-refractivity contribution is 8.00. The SMILES string of the molecule is CC(C)(SCCC1CC1)[C@H](N)C(=O)O. The summed E-state index contributed by atoms with van der Waals surface area (Å²) in [5, 5.41) is 8.80. The van der Waals surface area contributed by atoms with Gasteiger partial charge in [-0.1, -0.05) is 12.8 Å². The highest BCUT2D eigenvalue weighted by Crippen LogP contribution is 2.36. The second-order valence-electron chi connectivity index (χ2n) is 4.50. The van der Waals surface area contributed by atoms with Crippen molar-refractivity contribution in [3.63, 3.8) is 0 Å². The number of aliphatic carboxylic acids is 1. The maximum Gasteiger partial charge on any atom is 0.321 e. The zero-order chi connectivity index (χ0) is 10.8. The lowest BCUT2D eigenvalue weighted by molar-refractivity contribution is -0.139. The Kier molecular flexibility index (Phi) is 3.84. The summed E-state index contributed by atoms with van der Waals surface area (Å²) >= 11 is 1.68. The maximum atomic E-state index is 10.7. The van der Waals surface area contributed by atoms with Crippen LogP contribution in [0.15, 0.2) is 0 Å². The van der Waals surface area contributed by atoms with E-state index in [-0.39, 0.29) is 4.75 Å². The molecule has 3 N–H and O–H groups in total. The fourth-order valence-corrected chi connectivity index (χ4v) is 2.54. The number of carboxylic acid groups (broad SMARTS) is 1. The zero-order valence-electron chi connectivity index (χ0n) is 8.82. The van der Waals surface area contributed by atoms with Gasteiger partial charge >= 0.3 is 5.97 Å². The average Bonchev–Trinajstić information content (AvgIpc) is 2.86. The molecule has 0 heterocycles. The molecule has 3 nitrogen and oxygen atoms in total. The first kappa shape index (κ1) is 11.9. The van der Waals surface area contributed by atoms with E-state index in [9.17, 15) is 4.79 Å². The van der Waals surface area contributed by atoms with Crippen molar-refractivity contribution in [2.75, 3.05) is 5.75 Å². The minimum atomic E-state index is -0.908. The summed E-state index contributed by atoms with van der Waals surface area (Å²) in [5.41, 5.74) is 5.61. The number of hydrogen-bond acceptors (Lipinski definition) is 3. The lowest BCUT2D eigenvalue weighted by atomic mass is 10.1. The fraction of sp³-hybridized carbons (Fsp3) is 0.900. The molecule has 0 bridgehead atoms. The molecule has 1 aliphatic rings. The lowest BCUT2D eigenvalue weighted by Crippen LogP contribution is -2.46. The molecule has 0 aliphatic heterocycles. The van der Waals surface area contributed by atoms with Crippen LogP contribution in [0.4, 0.5) is 0 Å². The predicted molar refractivity (Wildman–Crippen MR) is 59.5 cm³/mol. The standard InChI is InChI=1S/C10H19NO2S/c1-10(2,8(11)9(12)13)14-6-5-7-3-4-7/h7-8H,3-6,11H2,1-2H3,(H,12,13)/t8-/m1/s1. The molecular weight excluding hydrogens is 198 g/mol. The highest BCUT2D eigenvalue weighted by Gasteiger charge is 2.33. The molecule has 1 saturated carbocycles. The minimum Gasteiger partial charge on any atom is -0.480 e. The summed E-state index contributed by atoms with van der Waals surface area (Å²) in [6, 6.07) is -0.772. The molecule has 0 spiro atoms. The second kappa shape index (κ2) is 4.53. The Morgan fingerprint density at radius 1 is 1.64 bits per heavy atom. The second-order valence-corrected chi connectivity index (χ2v) is 6.25. The molecule has 1 fully saturated rings. The summed E-state index contributed by atoms with van der Waals surface area (Å²) in [6.07, 6.45) is 3.92. The molecule has 4 heteroatoms. The third-order valence-electron chi connectivity index (χ3n) is 2.71. The van der Waals surface area contributed by atoms with Crippen LogP contribution in [-0.2, 0) is 4.79 Å². The summed E-state index contributed by atoms with van der Waals surface area (Å²) in [6.45, 7) is 3.81. The number of thioether (sulfide) groups is 1. The van der Waals surface area contributed by atoms with Crippen LogP contribution in [0.3, 0.4) is 0 Å². The first-order valence-corrected chi connectivity index (χ1v) is 6.04. The molecule has 0 saturated heterocycles. The molecule has 0 radical (unpaired) electrons. The third-order valence-corrected chi connectivity index (χ3v) is 4.15. The van der Waals surface area contributed by atoms with E-state index < -0.39 is 12.0 Å². The quantitative estimate of drug-likeness (QED) is 0.711. The molecule has 0 aromatic carbocycles. The lowest BCUT2D eigenvalue weighted by Gasteiger charge is -2.27. The minimum absolute atomic E-state index is 0.360. The van der Waals surface area contributed by atoms with E-state index in [2.05, 4.69) is 0 Å². The molecule has 0 amide bonds. The summed E-state index contributed by atoms with van der Waals surface area (Å²) in [5.74, 6) is 1.02. The topological polar surface area (TPSA) is 63.3 Å². The molecule has 1 aliphatic carbocycles. The van der Waals surface area contributed by atoms with Crippen LogP contribution < -0.4 is 5.73 Å². The first-order valence-electron chi connectivity index (χ1n) is 5.06. The largest absolute Gasteiger partial charge is 0.480 e. The molecular formula is C10H19NO2S. The fourth-order valence-electron chi connectivity index (χ4n) is 1.28. The molecule has 0 unspecified atom stereocenters. The van der Waals surface area contributed by atoms with Crippen LogP contribution in [0.1, 0.15) is 33.1 Å². The van der Waals surface area contributed by atoms with Gasteiger partial charge in [0.2, 0.25) is 0 Å². The number of carbonyl (C=O) groups is 1. The summed E-state index contributed by atoms with van der Waals surface area (Å²) in [4.78, 5) is 10.7. The average molecular weight is 217 g/mol. The van der Waals surface area contributed by atoms with E-state index in [0.717, 1.165) is 11.7 Å². The van der Waals surface area contributed by atoms with Gasteiger partial charge in [0.25, 0.3) is 0 Å². The Balaban J connectivity index is 2.27. The van der Waals surface area contributed by atoms with Gasteiger partial charge in [0.1, 0.15) is 6.04 Å². The Labute approximate surface area is 89.4 Å². The predicted octanol–water partition coefficient (Wildman–Crippen LogP) is 1.71. The number of rotatable bonds is 6. The Hall–Kier alpha value is -0.220. The molecule has 0 aromatic rings. The van der Waals surface area contributed by atoms with Crippen LogP contribution in [0.5, 0.6) is 0 Å². The third kappa shape index (κ3) is 3.50. The normalized spacial score (nSPS) is 19.4. The van der Waals surface area contributed by atoms with Gasteiger partial charge in [-0.05, 0) is 31.9 Å². The number of nitrogens with two attached hydrogens (primary N) is 1. The number of hydrogen-bond donors (Lipinski definition) is 2. The Bertz CT molecular complexity index is 214. The van der Waals surface area contributed by atoms with Crippen molar-refractivity contribution in [3.05, 3.63) is 0 Å². The van der Waals surface area contributed by atoms with E-state index in [4.69, 9.17) is 10.8 Å². The van der Waals surface area contributed by atoms with Gasteiger partial charge in [0.05, 0.1) is 0 Å². The van der Waals surface area contributed by atoms with E-state index in [1.165, 1.54) is 19.3 Å². The number of carboxylic acids is 1. The van der Waals surface area contributed by atoms with Gasteiger partial charge in [-0.15, -0.1) is 0 Å². The van der Waals surface area contributed by atoms with E-state index >= 15 is 0 Å². The van der Waals surface area contributed by atoms with Crippen LogP contribution in [0.25, 0.3) is 0 Å². The molecule has 82 valence electrons. The van der Waals surface area contributed by atoms with Gasteiger partial charge in [0.15, 0.2) is 0 Å². The van der Waals surface area contributed by atoms with Crippen LogP contribution in [-0.4, -0.2) is 27.6 Å². The maximum absolute atomic E-state index is 10.7. The van der Waals surface area contributed by atoms with Crippen LogP contribution in [0, 0.1) is 5.92 Å². The summed E-state index contributed by atoms with van der Waals surface area (Å²) < 4.78 is -0.360. The van der Waals surface area contributed by atoms with Gasteiger partial charge in [-0.25, -0.2) is 0 Å². The van der Waals surface area contributed by atoms with Gasteiger partial charge in [-0.3, -0.25) is 4.79 Å². The molecule has 14 heavy (non-hydrogen) atoms. The monoisotopic (exact) mass is 217 g/mol. The van der Waals surface area contributed by atoms with Crippen molar-refractivity contribution >= 4 is 17.7 Å². The van der Waals surface area contributed by atoms with Crippen LogP contribution >= 0.6 is 11.8 Å². The van der Waals surface area contributed by atoms with Gasteiger partial charge < -0.3 is 10.8 Å². The van der Waals surface area contributed by atoms with E-state index in [0.29, 0.717) is 0 Å². The highest BCUT2D eigenvalue weighted by atomic mass is 32.2. The van der Waals surface area contributed by atoms with E-state index in [1.807, 2.05) is 13.8 Å². The zero-order valence-corrected chi connectivity index (χ0v) is 9.64. The van der Waals surface area contributed by atoms with E-state index in [1.54, 1.807) is 11.8 Å². The van der Waals surface area contributed by atoms with Gasteiger partial charge in [-0.2, -0.15) is 11.8 Å². The van der Waals surface area contributed by atoms with Crippen molar-refractivity contribution in [1.82, 2.24) is 0 Å². The van der Waals surface area contributed by atoms with Gasteiger partial charge in [0, 0.05) is 4.75 Å². The summed E-state index contributed by atoms with van der Waals surface area (Å²) in [7, 11) is 0. The smallest absolute Gasteiger partial charge is 0.321 e. The molecule has 1 rings (SSSR count). The Morgan fingerprint density at radius 2 is 2.21 bits per heavy atom. The van der Waals surface area contributed by atoms with Crippen molar-refractivity contribution in [2.45, 2.75) is 43.9 Å². The Morgan fingerprint density at radius 3 is 2.64 bits per heavy atom. The first-order chi connectivity index (χ1) is 6.43. The van der Waals surface area contributed by atoms with Crippen molar-refractivity contribution in [3.8, 4) is 0 Å².